The zero-order valence-corrected chi connectivity index (χ0v) is 11.2. The minimum atomic E-state index is -0.133. The highest BCUT2D eigenvalue weighted by Gasteiger charge is 1.99. The van der Waals surface area contributed by atoms with Gasteiger partial charge in [0.1, 0.15) is 5.82 Å². The van der Waals surface area contributed by atoms with Gasteiger partial charge in [-0.1, -0.05) is 19.1 Å². The lowest BCUT2D eigenvalue weighted by Crippen LogP contribution is -2.18. The molecule has 2 rings (SSSR count). The fraction of sp³-hybridized carbons (Fsp3) is 0.231. The summed E-state index contributed by atoms with van der Waals surface area (Å²) in [5.74, 6) is 0.604. The van der Waals surface area contributed by atoms with Crippen molar-refractivity contribution < 1.29 is 0 Å². The Morgan fingerprint density at radius 3 is 2.56 bits per heavy atom. The largest absolute Gasteiger partial charge is 0.342 e. The van der Waals surface area contributed by atoms with Gasteiger partial charge in [-0.25, -0.2) is 0 Å². The van der Waals surface area contributed by atoms with Crippen molar-refractivity contribution >= 4 is 23.7 Å². The molecule has 1 heterocycles. The van der Waals surface area contributed by atoms with Crippen LogP contribution in [-0.2, 0) is 13.5 Å². The highest BCUT2D eigenvalue weighted by molar-refractivity contribution is 7.71. The minimum Gasteiger partial charge on any atom is -0.342 e. The van der Waals surface area contributed by atoms with Gasteiger partial charge < -0.3 is 10.3 Å². The van der Waals surface area contributed by atoms with Gasteiger partial charge >= 0.3 is 0 Å². The Balaban J connectivity index is 2.28. The fourth-order valence-corrected chi connectivity index (χ4v) is 1.80. The maximum absolute atomic E-state index is 11.6. The van der Waals surface area contributed by atoms with Crippen LogP contribution in [0.25, 0.3) is 0 Å². The predicted molar refractivity (Wildman–Crippen MR) is 76.0 cm³/mol. The number of aryl methyl sites for hydroxylation is 1. The summed E-state index contributed by atoms with van der Waals surface area (Å²) in [7, 11) is 1.64. The lowest BCUT2D eigenvalue weighted by atomic mass is 10.1. The molecule has 0 radical (unpaired) electrons. The van der Waals surface area contributed by atoms with E-state index < -0.39 is 0 Å². The SMILES string of the molecule is CCc1ccc(Nc2cc(=O)n(C)c(=S)[nH]2)cc1. The summed E-state index contributed by atoms with van der Waals surface area (Å²) >= 11 is 5.05. The van der Waals surface area contributed by atoms with Crippen molar-refractivity contribution in [1.82, 2.24) is 9.55 Å². The third-order valence-corrected chi connectivity index (χ3v) is 3.16. The van der Waals surface area contributed by atoms with Gasteiger partial charge in [0, 0.05) is 18.8 Å². The van der Waals surface area contributed by atoms with Gasteiger partial charge in [-0.2, -0.15) is 0 Å². The van der Waals surface area contributed by atoms with E-state index in [-0.39, 0.29) is 5.56 Å². The molecule has 94 valence electrons. The van der Waals surface area contributed by atoms with Crippen LogP contribution < -0.4 is 10.9 Å². The molecule has 0 atom stereocenters. The van der Waals surface area contributed by atoms with Crippen molar-refractivity contribution in [3.8, 4) is 0 Å². The van der Waals surface area contributed by atoms with Gasteiger partial charge in [0.2, 0.25) is 0 Å². The summed E-state index contributed by atoms with van der Waals surface area (Å²) in [6.45, 7) is 2.11. The molecule has 0 spiro atoms. The number of anilines is 2. The van der Waals surface area contributed by atoms with Crippen LogP contribution in [0.3, 0.4) is 0 Å². The Hall–Kier alpha value is -1.88. The van der Waals surface area contributed by atoms with Crippen LogP contribution in [0.4, 0.5) is 11.5 Å². The zero-order chi connectivity index (χ0) is 13.1. The molecule has 0 fully saturated rings. The number of hydrogen-bond acceptors (Lipinski definition) is 3. The molecule has 0 aliphatic rings. The molecule has 0 aliphatic heterocycles. The van der Waals surface area contributed by atoms with E-state index in [9.17, 15) is 4.79 Å². The van der Waals surface area contributed by atoms with Gasteiger partial charge in [0.25, 0.3) is 5.56 Å². The molecule has 0 bridgehead atoms. The van der Waals surface area contributed by atoms with Crippen LogP contribution in [-0.4, -0.2) is 9.55 Å². The molecule has 18 heavy (non-hydrogen) atoms. The first-order valence-corrected chi connectivity index (χ1v) is 6.17. The molecule has 0 aliphatic carbocycles. The van der Waals surface area contributed by atoms with Crippen molar-refractivity contribution in [3.05, 3.63) is 51.0 Å². The van der Waals surface area contributed by atoms with Crippen molar-refractivity contribution in [2.45, 2.75) is 13.3 Å². The molecule has 1 aromatic heterocycles. The van der Waals surface area contributed by atoms with E-state index >= 15 is 0 Å². The molecule has 2 aromatic rings. The van der Waals surface area contributed by atoms with Crippen molar-refractivity contribution in [2.75, 3.05) is 5.32 Å². The van der Waals surface area contributed by atoms with Gasteiger partial charge in [-0.3, -0.25) is 9.36 Å². The molecule has 4 nitrogen and oxygen atoms in total. The van der Waals surface area contributed by atoms with Gasteiger partial charge in [0.05, 0.1) is 0 Å². The molecule has 0 unspecified atom stereocenters. The van der Waals surface area contributed by atoms with Gasteiger partial charge in [-0.15, -0.1) is 0 Å². The highest BCUT2D eigenvalue weighted by atomic mass is 32.1. The number of aromatic nitrogens is 2. The Kier molecular flexibility index (Phi) is 3.62. The molecular weight excluding hydrogens is 246 g/mol. The van der Waals surface area contributed by atoms with Crippen LogP contribution >= 0.6 is 12.2 Å². The molecular formula is C13H15N3OS. The molecule has 0 saturated heterocycles. The predicted octanol–water partition coefficient (Wildman–Crippen LogP) is 2.75. The summed E-state index contributed by atoms with van der Waals surface area (Å²) in [4.78, 5) is 14.5. The Bertz CT molecular complexity index is 624. The quantitative estimate of drug-likeness (QED) is 0.835. The first kappa shape index (κ1) is 12.6. The van der Waals surface area contributed by atoms with Gasteiger partial charge in [-0.05, 0) is 36.3 Å². The smallest absolute Gasteiger partial charge is 0.256 e. The van der Waals surface area contributed by atoms with E-state index in [4.69, 9.17) is 12.2 Å². The second-order valence-electron chi connectivity index (χ2n) is 4.06. The van der Waals surface area contributed by atoms with E-state index in [2.05, 4.69) is 29.4 Å². The fourth-order valence-electron chi connectivity index (χ4n) is 1.60. The van der Waals surface area contributed by atoms with Crippen molar-refractivity contribution in [3.63, 3.8) is 0 Å². The number of aromatic amines is 1. The van der Waals surface area contributed by atoms with E-state index in [0.717, 1.165) is 12.1 Å². The standard InChI is InChI=1S/C13H15N3OS/c1-3-9-4-6-10(7-5-9)14-11-8-12(17)16(2)13(18)15-11/h4-8,14H,3H2,1-2H3,(H,15,18). The summed E-state index contributed by atoms with van der Waals surface area (Å²) in [5.41, 5.74) is 2.06. The maximum atomic E-state index is 11.6. The van der Waals surface area contributed by atoms with Crippen LogP contribution in [0.2, 0.25) is 0 Å². The van der Waals surface area contributed by atoms with E-state index in [1.807, 2.05) is 12.1 Å². The monoisotopic (exact) mass is 261 g/mol. The topological polar surface area (TPSA) is 49.8 Å². The summed E-state index contributed by atoms with van der Waals surface area (Å²) in [6.07, 6.45) is 1.01. The maximum Gasteiger partial charge on any atom is 0.256 e. The number of hydrogen-bond donors (Lipinski definition) is 2. The van der Waals surface area contributed by atoms with Crippen molar-refractivity contribution in [1.29, 1.82) is 0 Å². The summed E-state index contributed by atoms with van der Waals surface area (Å²) in [6, 6.07) is 9.56. The molecule has 5 heteroatoms. The Labute approximate surface area is 110 Å². The van der Waals surface area contributed by atoms with E-state index in [1.165, 1.54) is 16.2 Å². The highest BCUT2D eigenvalue weighted by Crippen LogP contribution is 2.14. The average Bonchev–Trinajstić information content (AvgIpc) is 2.37. The number of nitrogens with zero attached hydrogens (tertiary/aromatic N) is 1. The van der Waals surface area contributed by atoms with Crippen LogP contribution in [0.5, 0.6) is 0 Å². The lowest BCUT2D eigenvalue weighted by Gasteiger charge is -2.08. The third-order valence-electron chi connectivity index (χ3n) is 2.79. The third kappa shape index (κ3) is 2.68. The second kappa shape index (κ2) is 5.18. The number of rotatable bonds is 3. The first-order valence-electron chi connectivity index (χ1n) is 5.76. The van der Waals surface area contributed by atoms with Crippen LogP contribution in [0, 0.1) is 4.77 Å². The van der Waals surface area contributed by atoms with E-state index in [0.29, 0.717) is 10.6 Å². The zero-order valence-electron chi connectivity index (χ0n) is 10.4. The average molecular weight is 261 g/mol. The first-order chi connectivity index (χ1) is 8.60. The normalized spacial score (nSPS) is 10.3. The van der Waals surface area contributed by atoms with Crippen molar-refractivity contribution in [2.24, 2.45) is 7.05 Å². The second-order valence-corrected chi connectivity index (χ2v) is 4.45. The van der Waals surface area contributed by atoms with E-state index in [1.54, 1.807) is 7.05 Å². The minimum absolute atomic E-state index is 0.133. The van der Waals surface area contributed by atoms with Crippen LogP contribution in [0.15, 0.2) is 35.1 Å². The Morgan fingerprint density at radius 1 is 1.33 bits per heavy atom. The number of benzene rings is 1. The summed E-state index contributed by atoms with van der Waals surface area (Å²) < 4.78 is 1.79. The summed E-state index contributed by atoms with van der Waals surface area (Å²) in [5, 5.41) is 3.13. The Morgan fingerprint density at radius 2 is 2.00 bits per heavy atom. The lowest BCUT2D eigenvalue weighted by molar-refractivity contribution is 0.808. The van der Waals surface area contributed by atoms with Gasteiger partial charge in [0.15, 0.2) is 4.77 Å². The molecule has 0 saturated carbocycles. The molecule has 2 N–H and O–H groups in total. The molecule has 1 aromatic carbocycles. The molecule has 0 amide bonds. The van der Waals surface area contributed by atoms with Crippen LogP contribution in [0.1, 0.15) is 12.5 Å². The number of nitrogens with one attached hydrogen (secondary N) is 2. The number of H-pyrrole nitrogens is 1.